The molecule has 1 saturated heterocycles. The van der Waals surface area contributed by atoms with Gasteiger partial charge in [0.2, 0.25) is 11.8 Å². The number of hydrogen-bond acceptors (Lipinski definition) is 3. The van der Waals surface area contributed by atoms with Gasteiger partial charge in [-0.05, 0) is 18.4 Å². The van der Waals surface area contributed by atoms with E-state index in [1.807, 2.05) is 30.3 Å². The van der Waals surface area contributed by atoms with Crippen molar-refractivity contribution in [2.24, 2.45) is 11.8 Å². The van der Waals surface area contributed by atoms with Crippen molar-refractivity contribution in [3.05, 3.63) is 48.3 Å². The predicted octanol–water partition coefficient (Wildman–Crippen LogP) is 2.61. The number of hydrogen-bond donors (Lipinski definition) is 0. The molecule has 0 spiro atoms. The maximum Gasteiger partial charge on any atom is 0.237 e. The number of nitrogens with zero attached hydrogens (tertiary/aromatic N) is 3. The molecule has 0 N–H and O–H groups in total. The Balaban J connectivity index is 1.57. The van der Waals surface area contributed by atoms with Crippen molar-refractivity contribution < 1.29 is 9.59 Å². The molecule has 118 valence electrons. The highest BCUT2D eigenvalue weighted by atomic mass is 16.2. The molecule has 1 aromatic heterocycles. The van der Waals surface area contributed by atoms with Crippen LogP contribution in [0.5, 0.6) is 0 Å². The summed E-state index contributed by atoms with van der Waals surface area (Å²) >= 11 is 0. The minimum absolute atomic E-state index is 0.0426. The number of rotatable bonds is 3. The highest BCUT2D eigenvalue weighted by molar-refractivity contribution is 6.21. The fourth-order valence-electron chi connectivity index (χ4n) is 3.74. The van der Waals surface area contributed by atoms with E-state index in [4.69, 9.17) is 0 Å². The average Bonchev–Trinajstić information content (AvgIpc) is 3.12. The average molecular weight is 309 g/mol. The van der Waals surface area contributed by atoms with Crippen LogP contribution in [-0.2, 0) is 16.1 Å². The molecule has 23 heavy (non-hydrogen) atoms. The number of carbonyl (C=O) groups is 2. The molecule has 0 bridgehead atoms. The van der Waals surface area contributed by atoms with Crippen LogP contribution >= 0.6 is 0 Å². The molecule has 0 unspecified atom stereocenters. The van der Waals surface area contributed by atoms with Crippen LogP contribution in [-0.4, -0.2) is 21.6 Å². The molecule has 2 heterocycles. The van der Waals surface area contributed by atoms with Crippen molar-refractivity contribution in [2.75, 3.05) is 4.90 Å². The van der Waals surface area contributed by atoms with Crippen LogP contribution in [0.25, 0.3) is 0 Å². The van der Waals surface area contributed by atoms with E-state index in [0.717, 1.165) is 31.2 Å². The van der Waals surface area contributed by atoms with Gasteiger partial charge >= 0.3 is 0 Å². The molecule has 5 nitrogen and oxygen atoms in total. The molecule has 2 aliphatic rings. The van der Waals surface area contributed by atoms with E-state index in [9.17, 15) is 9.59 Å². The Morgan fingerprint density at radius 2 is 1.65 bits per heavy atom. The van der Waals surface area contributed by atoms with E-state index < -0.39 is 0 Å². The summed E-state index contributed by atoms with van der Waals surface area (Å²) in [6.45, 7) is 0.629. The Kier molecular flexibility index (Phi) is 3.48. The first kappa shape index (κ1) is 14.2. The third-order valence-electron chi connectivity index (χ3n) is 4.91. The van der Waals surface area contributed by atoms with E-state index in [2.05, 4.69) is 5.10 Å². The second kappa shape index (κ2) is 5.65. The molecule has 4 rings (SSSR count). The number of amides is 2. The maximum atomic E-state index is 12.6. The fourth-order valence-corrected chi connectivity index (χ4v) is 3.74. The Hall–Kier alpha value is -2.43. The van der Waals surface area contributed by atoms with E-state index >= 15 is 0 Å². The lowest BCUT2D eigenvalue weighted by Gasteiger charge is -2.19. The number of aromatic nitrogens is 2. The smallest absolute Gasteiger partial charge is 0.237 e. The predicted molar refractivity (Wildman–Crippen MR) is 85.7 cm³/mol. The topological polar surface area (TPSA) is 55.2 Å². The second-order valence-corrected chi connectivity index (χ2v) is 6.39. The third-order valence-corrected chi connectivity index (χ3v) is 4.91. The van der Waals surface area contributed by atoms with E-state index in [0.29, 0.717) is 12.2 Å². The zero-order chi connectivity index (χ0) is 15.8. The Morgan fingerprint density at radius 1 is 1.00 bits per heavy atom. The molecule has 1 aromatic carbocycles. The maximum absolute atomic E-state index is 12.6. The van der Waals surface area contributed by atoms with E-state index in [-0.39, 0.29) is 23.7 Å². The minimum Gasteiger partial charge on any atom is -0.274 e. The molecule has 1 saturated carbocycles. The number of carbonyl (C=O) groups excluding carboxylic acids is 2. The van der Waals surface area contributed by atoms with Gasteiger partial charge < -0.3 is 0 Å². The Morgan fingerprint density at radius 3 is 2.30 bits per heavy atom. The molecule has 1 aliphatic carbocycles. The normalized spacial score (nSPS) is 24.1. The first-order valence-corrected chi connectivity index (χ1v) is 8.18. The molecule has 2 atom stereocenters. The quantitative estimate of drug-likeness (QED) is 0.819. The van der Waals surface area contributed by atoms with Gasteiger partial charge in [-0.25, -0.2) is 4.90 Å². The molecular weight excluding hydrogens is 290 g/mol. The second-order valence-electron chi connectivity index (χ2n) is 6.39. The standard InChI is InChI=1S/C18H19N3O2/c22-17-15-8-4-5-9-16(15)18(23)21(17)14-10-19-20(12-14)11-13-6-2-1-3-7-13/h1-3,6-7,10,12,15-16H,4-5,8-9,11H2/t15-,16-/m0/s1. The number of imide groups is 1. The van der Waals surface area contributed by atoms with Crippen LogP contribution in [0.15, 0.2) is 42.7 Å². The van der Waals surface area contributed by atoms with Gasteiger partial charge in [0.15, 0.2) is 0 Å². The lowest BCUT2D eigenvalue weighted by molar-refractivity contribution is -0.122. The summed E-state index contributed by atoms with van der Waals surface area (Å²) in [5, 5.41) is 4.31. The number of anilines is 1. The molecule has 2 aromatic rings. The lowest BCUT2D eigenvalue weighted by Crippen LogP contribution is -2.30. The summed E-state index contributed by atoms with van der Waals surface area (Å²) in [6, 6.07) is 10.0. The van der Waals surface area contributed by atoms with Gasteiger partial charge in [0.05, 0.1) is 30.3 Å². The number of benzene rings is 1. The zero-order valence-electron chi connectivity index (χ0n) is 12.9. The Bertz CT molecular complexity index is 714. The molecule has 0 radical (unpaired) electrons. The molecule has 1 aliphatic heterocycles. The van der Waals surface area contributed by atoms with Crippen molar-refractivity contribution in [1.29, 1.82) is 0 Å². The first-order chi connectivity index (χ1) is 11.2. The van der Waals surface area contributed by atoms with Crippen molar-refractivity contribution in [3.63, 3.8) is 0 Å². The highest BCUT2D eigenvalue weighted by Crippen LogP contribution is 2.39. The molecule has 5 heteroatoms. The lowest BCUT2D eigenvalue weighted by atomic mass is 9.81. The zero-order valence-corrected chi connectivity index (χ0v) is 12.9. The van der Waals surface area contributed by atoms with Crippen LogP contribution in [0.4, 0.5) is 5.69 Å². The van der Waals surface area contributed by atoms with Gasteiger partial charge in [0.1, 0.15) is 0 Å². The highest BCUT2D eigenvalue weighted by Gasteiger charge is 2.49. The third kappa shape index (κ3) is 2.46. The minimum atomic E-state index is -0.117. The van der Waals surface area contributed by atoms with Gasteiger partial charge in [0.25, 0.3) is 0 Å². The van der Waals surface area contributed by atoms with Crippen LogP contribution in [0.3, 0.4) is 0 Å². The monoisotopic (exact) mass is 309 g/mol. The SMILES string of the molecule is O=C1[C@H]2CCCC[C@@H]2C(=O)N1c1cnn(Cc2ccccc2)c1. The van der Waals surface area contributed by atoms with Gasteiger partial charge in [-0.15, -0.1) is 0 Å². The van der Waals surface area contributed by atoms with Gasteiger partial charge in [-0.2, -0.15) is 5.10 Å². The summed E-state index contributed by atoms with van der Waals surface area (Å²) in [6.07, 6.45) is 7.17. The van der Waals surface area contributed by atoms with Crippen LogP contribution in [0.1, 0.15) is 31.2 Å². The van der Waals surface area contributed by atoms with Crippen molar-refractivity contribution >= 4 is 17.5 Å². The molecular formula is C18H19N3O2. The largest absolute Gasteiger partial charge is 0.274 e. The van der Waals surface area contributed by atoms with Crippen LogP contribution < -0.4 is 4.90 Å². The van der Waals surface area contributed by atoms with Gasteiger partial charge in [0, 0.05) is 6.20 Å². The summed E-state index contributed by atoms with van der Waals surface area (Å²) in [7, 11) is 0. The summed E-state index contributed by atoms with van der Waals surface area (Å²) in [5.41, 5.74) is 1.74. The molecule has 2 fully saturated rings. The molecule has 2 amide bonds. The summed E-state index contributed by atoms with van der Waals surface area (Å²) in [5.74, 6) is -0.319. The van der Waals surface area contributed by atoms with E-state index in [1.165, 1.54) is 4.90 Å². The van der Waals surface area contributed by atoms with Gasteiger partial charge in [-0.1, -0.05) is 43.2 Å². The first-order valence-electron chi connectivity index (χ1n) is 8.18. The Labute approximate surface area is 134 Å². The fraction of sp³-hybridized carbons (Fsp3) is 0.389. The van der Waals surface area contributed by atoms with Crippen LogP contribution in [0.2, 0.25) is 0 Å². The van der Waals surface area contributed by atoms with Gasteiger partial charge in [-0.3, -0.25) is 14.3 Å². The van der Waals surface area contributed by atoms with E-state index in [1.54, 1.807) is 17.1 Å². The van der Waals surface area contributed by atoms with Crippen molar-refractivity contribution in [1.82, 2.24) is 9.78 Å². The summed E-state index contributed by atoms with van der Waals surface area (Å²) in [4.78, 5) is 26.5. The van der Waals surface area contributed by atoms with Crippen molar-refractivity contribution in [3.8, 4) is 0 Å². The summed E-state index contributed by atoms with van der Waals surface area (Å²) < 4.78 is 1.77. The van der Waals surface area contributed by atoms with Crippen molar-refractivity contribution in [2.45, 2.75) is 32.2 Å². The van der Waals surface area contributed by atoms with Crippen LogP contribution in [0, 0.1) is 11.8 Å². The number of fused-ring (bicyclic) bond motifs is 1.